The summed E-state index contributed by atoms with van der Waals surface area (Å²) >= 11 is 0. The molecule has 160 valence electrons. The molecule has 0 saturated carbocycles. The van der Waals surface area contributed by atoms with E-state index in [9.17, 15) is 14.4 Å². The first-order valence-electron chi connectivity index (χ1n) is 10.0. The van der Waals surface area contributed by atoms with E-state index in [4.69, 9.17) is 13.6 Å². The van der Waals surface area contributed by atoms with Gasteiger partial charge in [0.05, 0.1) is 41.1 Å². The molecule has 2 aromatic carbocycles. The van der Waals surface area contributed by atoms with Crippen molar-refractivity contribution in [2.45, 2.75) is 13.0 Å². The highest BCUT2D eigenvalue weighted by molar-refractivity contribution is 6.04. The predicted molar refractivity (Wildman–Crippen MR) is 117 cm³/mol. The van der Waals surface area contributed by atoms with Gasteiger partial charge in [-0.3, -0.25) is 4.79 Å². The Hall–Kier alpha value is -4.33. The van der Waals surface area contributed by atoms with Crippen LogP contribution in [0.25, 0.3) is 27.6 Å². The van der Waals surface area contributed by atoms with Gasteiger partial charge in [-0.25, -0.2) is 9.59 Å². The number of amides is 2. The smallest absolute Gasteiger partial charge is 0.338 e. The van der Waals surface area contributed by atoms with Gasteiger partial charge in [0.1, 0.15) is 17.4 Å². The number of ether oxygens (including phenoxy) is 1. The van der Waals surface area contributed by atoms with Crippen molar-refractivity contribution < 1.29 is 23.2 Å². The van der Waals surface area contributed by atoms with Crippen molar-refractivity contribution >= 4 is 39.6 Å². The van der Waals surface area contributed by atoms with Gasteiger partial charge in [-0.15, -0.1) is 0 Å². The summed E-state index contributed by atoms with van der Waals surface area (Å²) in [7, 11) is 0. The number of urea groups is 1. The van der Waals surface area contributed by atoms with Gasteiger partial charge < -0.3 is 24.2 Å². The lowest BCUT2D eigenvalue weighted by Gasteiger charge is -2.29. The van der Waals surface area contributed by atoms with Crippen LogP contribution in [0.2, 0.25) is 0 Å². The van der Waals surface area contributed by atoms with Crippen LogP contribution in [0, 0.1) is 0 Å². The summed E-state index contributed by atoms with van der Waals surface area (Å²) in [5, 5.41) is 6.41. The molecule has 0 saturated heterocycles. The molecule has 0 aliphatic carbocycles. The van der Waals surface area contributed by atoms with Gasteiger partial charge in [0.15, 0.2) is 5.43 Å². The fourth-order valence-electron chi connectivity index (χ4n) is 3.86. The highest BCUT2D eigenvalue weighted by atomic mass is 16.5. The zero-order valence-electron chi connectivity index (χ0n) is 17.0. The molecule has 3 heterocycles. The van der Waals surface area contributed by atoms with E-state index < -0.39 is 18.0 Å². The average Bonchev–Trinajstić information content (AvgIpc) is 3.26. The molecule has 0 spiro atoms. The quantitative estimate of drug-likeness (QED) is 0.476. The van der Waals surface area contributed by atoms with Crippen LogP contribution in [0.15, 0.2) is 80.3 Å². The zero-order chi connectivity index (χ0) is 22.2. The Labute approximate surface area is 181 Å². The molecule has 8 nitrogen and oxygen atoms in total. The maximum Gasteiger partial charge on any atom is 0.338 e. The normalized spacial score (nSPS) is 16.2. The van der Waals surface area contributed by atoms with Crippen LogP contribution in [0.3, 0.4) is 0 Å². The van der Waals surface area contributed by atoms with E-state index in [1.165, 1.54) is 12.5 Å². The highest BCUT2D eigenvalue weighted by Crippen LogP contribution is 2.32. The van der Waals surface area contributed by atoms with Gasteiger partial charge in [-0.05, 0) is 24.6 Å². The Morgan fingerprint density at radius 3 is 2.66 bits per heavy atom. The van der Waals surface area contributed by atoms with Gasteiger partial charge in [0.25, 0.3) is 0 Å². The topological polar surface area (TPSA) is 111 Å². The number of hydrogen-bond donors (Lipinski definition) is 2. The van der Waals surface area contributed by atoms with Gasteiger partial charge in [0.2, 0.25) is 0 Å². The molecule has 1 atom stereocenters. The van der Waals surface area contributed by atoms with Gasteiger partial charge >= 0.3 is 12.0 Å². The van der Waals surface area contributed by atoms with Gasteiger partial charge in [-0.1, -0.05) is 30.3 Å². The Morgan fingerprint density at radius 1 is 1.06 bits per heavy atom. The van der Waals surface area contributed by atoms with E-state index in [1.807, 2.05) is 6.07 Å². The number of carbonyl (C=O) groups excluding carboxylic acids is 2. The molecule has 0 bridgehead atoms. The summed E-state index contributed by atoms with van der Waals surface area (Å²) in [6.07, 6.45) is 2.78. The molecule has 32 heavy (non-hydrogen) atoms. The maximum atomic E-state index is 13.4. The second kappa shape index (κ2) is 7.73. The number of esters is 1. The molecule has 4 aromatic rings. The molecule has 2 aromatic heterocycles. The highest BCUT2D eigenvalue weighted by Gasteiger charge is 2.36. The first-order chi connectivity index (χ1) is 15.6. The Bertz CT molecular complexity index is 1450. The summed E-state index contributed by atoms with van der Waals surface area (Å²) < 4.78 is 16.3. The van der Waals surface area contributed by atoms with E-state index in [2.05, 4.69) is 10.6 Å². The Balaban J connectivity index is 1.74. The lowest BCUT2D eigenvalue weighted by Crippen LogP contribution is -2.46. The average molecular weight is 430 g/mol. The summed E-state index contributed by atoms with van der Waals surface area (Å²) in [6.45, 7) is 1.82. The lowest BCUT2D eigenvalue weighted by atomic mass is 9.93. The zero-order valence-corrected chi connectivity index (χ0v) is 17.0. The fraction of sp³-hybridized carbons (Fsp3) is 0.125. The minimum absolute atomic E-state index is 0.117. The number of furan rings is 1. The maximum absolute atomic E-state index is 13.4. The molecule has 2 N–H and O–H groups in total. The van der Waals surface area contributed by atoms with Crippen molar-refractivity contribution in [3.05, 3.63) is 88.0 Å². The molecular weight excluding hydrogens is 412 g/mol. The number of carbonyl (C=O) groups is 2. The molecule has 1 aliphatic rings. The Kier molecular flexibility index (Phi) is 4.74. The van der Waals surface area contributed by atoms with Crippen LogP contribution in [0.1, 0.15) is 24.1 Å². The van der Waals surface area contributed by atoms with E-state index in [1.54, 1.807) is 49.4 Å². The number of rotatable bonds is 4. The SMILES string of the molecule is CCOC(=O)C1=C(c2ccccc2)NC(=O)NC1c1coc2cc3occc3cc2c1=O. The summed E-state index contributed by atoms with van der Waals surface area (Å²) in [4.78, 5) is 38.9. The number of fused-ring (bicyclic) bond motifs is 2. The molecule has 1 aliphatic heterocycles. The number of hydrogen-bond acceptors (Lipinski definition) is 6. The molecule has 2 amide bonds. The fourth-order valence-corrected chi connectivity index (χ4v) is 3.86. The Morgan fingerprint density at radius 2 is 1.88 bits per heavy atom. The van der Waals surface area contributed by atoms with Crippen LogP contribution < -0.4 is 16.1 Å². The van der Waals surface area contributed by atoms with Crippen molar-refractivity contribution in [3.8, 4) is 0 Å². The summed E-state index contributed by atoms with van der Waals surface area (Å²) in [6, 6.07) is 12.3. The third-order valence-corrected chi connectivity index (χ3v) is 5.32. The standard InChI is InChI=1S/C24H18N2O6/c1-2-30-23(28)19-20(13-6-4-3-5-7-13)25-24(29)26-21(19)16-12-32-18-11-17-14(8-9-31-17)10-15(18)22(16)27/h3-12,21H,2H2,1H3,(H2,25,26,29). The first kappa shape index (κ1) is 19.6. The van der Waals surface area contributed by atoms with Crippen molar-refractivity contribution in [3.63, 3.8) is 0 Å². The molecule has 0 radical (unpaired) electrons. The molecule has 0 fully saturated rings. The number of benzene rings is 2. The molecular formula is C24H18N2O6. The molecule has 8 heteroatoms. The van der Waals surface area contributed by atoms with E-state index >= 15 is 0 Å². The van der Waals surface area contributed by atoms with Crippen LogP contribution >= 0.6 is 0 Å². The van der Waals surface area contributed by atoms with Crippen LogP contribution in [-0.4, -0.2) is 18.6 Å². The monoisotopic (exact) mass is 430 g/mol. The minimum atomic E-state index is -1.06. The first-order valence-corrected chi connectivity index (χ1v) is 10.0. The summed E-state index contributed by atoms with van der Waals surface area (Å²) in [5.41, 5.74) is 1.69. The summed E-state index contributed by atoms with van der Waals surface area (Å²) in [5.74, 6) is -0.645. The number of nitrogens with one attached hydrogen (secondary N) is 2. The van der Waals surface area contributed by atoms with E-state index in [0.717, 1.165) is 5.39 Å². The lowest BCUT2D eigenvalue weighted by molar-refractivity contribution is -0.138. The van der Waals surface area contributed by atoms with Crippen molar-refractivity contribution in [2.75, 3.05) is 6.61 Å². The van der Waals surface area contributed by atoms with Gasteiger partial charge in [0, 0.05) is 11.5 Å². The third-order valence-electron chi connectivity index (χ3n) is 5.32. The van der Waals surface area contributed by atoms with Crippen molar-refractivity contribution in [1.82, 2.24) is 10.6 Å². The third kappa shape index (κ3) is 3.22. The van der Waals surface area contributed by atoms with Gasteiger partial charge in [-0.2, -0.15) is 0 Å². The second-order valence-corrected chi connectivity index (χ2v) is 7.23. The second-order valence-electron chi connectivity index (χ2n) is 7.23. The van der Waals surface area contributed by atoms with Crippen molar-refractivity contribution in [1.29, 1.82) is 0 Å². The van der Waals surface area contributed by atoms with E-state index in [-0.39, 0.29) is 28.9 Å². The van der Waals surface area contributed by atoms with Crippen LogP contribution in [0.4, 0.5) is 4.79 Å². The van der Waals surface area contributed by atoms with Crippen LogP contribution in [-0.2, 0) is 9.53 Å². The van der Waals surface area contributed by atoms with Crippen LogP contribution in [0.5, 0.6) is 0 Å². The minimum Gasteiger partial charge on any atom is -0.464 e. The van der Waals surface area contributed by atoms with Crippen molar-refractivity contribution in [2.24, 2.45) is 0 Å². The van der Waals surface area contributed by atoms with E-state index in [0.29, 0.717) is 22.1 Å². The molecule has 5 rings (SSSR count). The predicted octanol–water partition coefficient (Wildman–Crippen LogP) is 3.87. The molecule has 1 unspecified atom stereocenters. The largest absolute Gasteiger partial charge is 0.464 e.